The molecule has 0 atom stereocenters. The molecule has 0 spiro atoms. The molecule has 98 valence electrons. The fraction of sp³-hybridized carbons (Fsp3) is 0. The summed E-state index contributed by atoms with van der Waals surface area (Å²) >= 11 is 5.67. The van der Waals surface area contributed by atoms with Gasteiger partial charge < -0.3 is 0 Å². The van der Waals surface area contributed by atoms with Crippen LogP contribution in [-0.4, -0.2) is 5.78 Å². The normalized spacial score (nSPS) is 10.7. The predicted octanol–water partition coefficient (Wildman–Crippen LogP) is 5.44. The molecular weight excluding hydrogens is 427 g/mol. The van der Waals surface area contributed by atoms with Gasteiger partial charge in [-0.2, -0.15) is 0 Å². The molecule has 0 N–H and O–H groups in total. The molecule has 0 fully saturated rings. The maximum atomic E-state index is 12.6. The van der Waals surface area contributed by atoms with Crippen molar-refractivity contribution >= 4 is 55.1 Å². The van der Waals surface area contributed by atoms with E-state index in [0.717, 1.165) is 18.8 Å². The lowest BCUT2D eigenvalue weighted by atomic mass is 10.00. The lowest BCUT2D eigenvalue weighted by Crippen LogP contribution is -2.02. The predicted molar refractivity (Wildman–Crippen MR) is 94.2 cm³/mol. The zero-order valence-corrected chi connectivity index (χ0v) is 14.2. The highest BCUT2D eigenvalue weighted by atomic mass is 127. The van der Waals surface area contributed by atoms with E-state index in [-0.39, 0.29) is 5.78 Å². The van der Waals surface area contributed by atoms with Crippen LogP contribution in [0.15, 0.2) is 65.1 Å². The number of halogens is 2. The summed E-state index contributed by atoms with van der Waals surface area (Å²) in [5, 5.41) is 2.23. The number of benzene rings is 3. The van der Waals surface area contributed by atoms with Gasteiger partial charge in [-0.15, -0.1) is 0 Å². The molecule has 1 nitrogen and oxygen atoms in total. The first-order valence-electron chi connectivity index (χ1n) is 6.14. The molecular formula is C17H10BrIO. The first-order chi connectivity index (χ1) is 9.65. The minimum Gasteiger partial charge on any atom is -0.289 e. The van der Waals surface area contributed by atoms with E-state index in [1.54, 1.807) is 0 Å². The standard InChI is InChI=1S/C17H10BrIO/c18-16-8-7-14(19)10-15(16)17(20)13-6-5-11-3-1-2-4-12(11)9-13/h1-10H. The number of hydrogen-bond donors (Lipinski definition) is 0. The summed E-state index contributed by atoms with van der Waals surface area (Å²) in [6.07, 6.45) is 0. The Balaban J connectivity index is 2.10. The topological polar surface area (TPSA) is 17.1 Å². The van der Waals surface area contributed by atoms with Gasteiger partial charge >= 0.3 is 0 Å². The number of ketones is 1. The van der Waals surface area contributed by atoms with Crippen LogP contribution < -0.4 is 0 Å². The Bertz CT molecular complexity index is 811. The summed E-state index contributed by atoms with van der Waals surface area (Å²) in [5.74, 6) is 0.0427. The Morgan fingerprint density at radius 1 is 0.900 bits per heavy atom. The first-order valence-corrected chi connectivity index (χ1v) is 8.01. The van der Waals surface area contributed by atoms with Gasteiger partial charge in [-0.05, 0) is 57.6 Å². The number of fused-ring (bicyclic) bond motifs is 1. The maximum Gasteiger partial charge on any atom is 0.194 e. The van der Waals surface area contributed by atoms with Crippen molar-refractivity contribution in [1.29, 1.82) is 0 Å². The summed E-state index contributed by atoms with van der Waals surface area (Å²) in [6.45, 7) is 0. The highest BCUT2D eigenvalue weighted by Crippen LogP contribution is 2.24. The molecule has 3 rings (SSSR count). The van der Waals surface area contributed by atoms with Gasteiger partial charge in [0.2, 0.25) is 0 Å². The zero-order chi connectivity index (χ0) is 14.1. The molecule has 20 heavy (non-hydrogen) atoms. The van der Waals surface area contributed by atoms with Crippen molar-refractivity contribution in [3.05, 3.63) is 79.8 Å². The van der Waals surface area contributed by atoms with E-state index in [4.69, 9.17) is 0 Å². The summed E-state index contributed by atoms with van der Waals surface area (Å²) in [6, 6.07) is 19.7. The molecule has 0 aromatic heterocycles. The third kappa shape index (κ3) is 2.65. The minimum absolute atomic E-state index is 0.0427. The smallest absolute Gasteiger partial charge is 0.194 e. The highest BCUT2D eigenvalue weighted by Gasteiger charge is 2.13. The minimum atomic E-state index is 0.0427. The van der Waals surface area contributed by atoms with Crippen molar-refractivity contribution < 1.29 is 4.79 Å². The van der Waals surface area contributed by atoms with Crippen LogP contribution in [0, 0.1) is 3.57 Å². The third-order valence-electron chi connectivity index (χ3n) is 3.18. The van der Waals surface area contributed by atoms with Crippen molar-refractivity contribution in [2.45, 2.75) is 0 Å². The lowest BCUT2D eigenvalue weighted by Gasteiger charge is -2.06. The van der Waals surface area contributed by atoms with Crippen molar-refractivity contribution in [3.63, 3.8) is 0 Å². The Kier molecular flexibility index (Phi) is 3.89. The van der Waals surface area contributed by atoms with E-state index >= 15 is 0 Å². The Labute approximate surface area is 139 Å². The monoisotopic (exact) mass is 436 g/mol. The van der Waals surface area contributed by atoms with Crippen LogP contribution >= 0.6 is 38.5 Å². The average Bonchev–Trinajstić information content (AvgIpc) is 2.48. The van der Waals surface area contributed by atoms with Gasteiger partial charge in [-0.25, -0.2) is 0 Å². The Hall–Kier alpha value is -1.20. The lowest BCUT2D eigenvalue weighted by molar-refractivity contribution is 0.103. The second kappa shape index (κ2) is 5.66. The number of rotatable bonds is 2. The van der Waals surface area contributed by atoms with E-state index < -0.39 is 0 Å². The van der Waals surface area contributed by atoms with Crippen molar-refractivity contribution in [3.8, 4) is 0 Å². The molecule has 0 saturated carbocycles. The van der Waals surface area contributed by atoms with Crippen LogP contribution in [0.25, 0.3) is 10.8 Å². The van der Waals surface area contributed by atoms with E-state index in [0.29, 0.717) is 11.1 Å². The molecule has 3 aromatic rings. The van der Waals surface area contributed by atoms with Gasteiger partial charge in [0.1, 0.15) is 0 Å². The van der Waals surface area contributed by atoms with E-state index in [1.807, 2.05) is 60.7 Å². The largest absolute Gasteiger partial charge is 0.289 e. The van der Waals surface area contributed by atoms with Gasteiger partial charge in [0.25, 0.3) is 0 Å². The zero-order valence-electron chi connectivity index (χ0n) is 10.4. The quantitative estimate of drug-likeness (QED) is 0.386. The number of carbonyl (C=O) groups excluding carboxylic acids is 1. The van der Waals surface area contributed by atoms with Crippen molar-refractivity contribution in [2.75, 3.05) is 0 Å². The van der Waals surface area contributed by atoms with Gasteiger partial charge in [0, 0.05) is 19.2 Å². The SMILES string of the molecule is O=C(c1ccc2ccccc2c1)c1cc(I)ccc1Br. The molecule has 0 radical (unpaired) electrons. The number of carbonyl (C=O) groups is 1. The fourth-order valence-electron chi connectivity index (χ4n) is 2.16. The molecule has 0 aliphatic carbocycles. The molecule has 0 aliphatic rings. The van der Waals surface area contributed by atoms with E-state index in [9.17, 15) is 4.79 Å². The molecule has 3 heteroatoms. The second-order valence-corrected chi connectivity index (χ2v) is 6.62. The molecule has 0 aliphatic heterocycles. The number of hydrogen-bond acceptors (Lipinski definition) is 1. The molecule has 0 bridgehead atoms. The maximum absolute atomic E-state index is 12.6. The highest BCUT2D eigenvalue weighted by molar-refractivity contribution is 14.1. The van der Waals surface area contributed by atoms with Crippen LogP contribution in [0.2, 0.25) is 0 Å². The van der Waals surface area contributed by atoms with Crippen LogP contribution in [0.1, 0.15) is 15.9 Å². The van der Waals surface area contributed by atoms with Gasteiger partial charge in [-0.3, -0.25) is 4.79 Å². The van der Waals surface area contributed by atoms with Crippen molar-refractivity contribution in [2.24, 2.45) is 0 Å². The third-order valence-corrected chi connectivity index (χ3v) is 4.55. The molecule has 3 aromatic carbocycles. The summed E-state index contributed by atoms with van der Waals surface area (Å²) in [5.41, 5.74) is 1.42. The van der Waals surface area contributed by atoms with Crippen molar-refractivity contribution in [1.82, 2.24) is 0 Å². The van der Waals surface area contributed by atoms with Gasteiger partial charge in [-0.1, -0.05) is 52.3 Å². The van der Waals surface area contributed by atoms with Crippen LogP contribution in [0.5, 0.6) is 0 Å². The summed E-state index contributed by atoms with van der Waals surface area (Å²) in [4.78, 5) is 12.6. The molecule has 0 amide bonds. The first kappa shape index (κ1) is 13.8. The Morgan fingerprint density at radius 2 is 1.65 bits per heavy atom. The van der Waals surface area contributed by atoms with Crippen LogP contribution in [-0.2, 0) is 0 Å². The van der Waals surface area contributed by atoms with Gasteiger partial charge in [0.15, 0.2) is 5.78 Å². The molecule has 0 heterocycles. The van der Waals surface area contributed by atoms with E-state index in [2.05, 4.69) is 38.5 Å². The summed E-state index contributed by atoms with van der Waals surface area (Å²) < 4.78 is 1.88. The fourth-order valence-corrected chi connectivity index (χ4v) is 3.08. The van der Waals surface area contributed by atoms with Crippen LogP contribution in [0.4, 0.5) is 0 Å². The Morgan fingerprint density at radius 3 is 2.45 bits per heavy atom. The van der Waals surface area contributed by atoms with Crippen LogP contribution in [0.3, 0.4) is 0 Å². The average molecular weight is 437 g/mol. The van der Waals surface area contributed by atoms with Gasteiger partial charge in [0.05, 0.1) is 0 Å². The molecule has 0 unspecified atom stereocenters. The summed E-state index contributed by atoms with van der Waals surface area (Å²) in [7, 11) is 0. The second-order valence-electron chi connectivity index (χ2n) is 4.52. The van der Waals surface area contributed by atoms with E-state index in [1.165, 1.54) is 0 Å². The molecule has 0 saturated heterocycles.